The lowest BCUT2D eigenvalue weighted by Gasteiger charge is -1.97. The molecule has 0 radical (unpaired) electrons. The number of nitro benzene ring substituents is 1. The second-order valence-corrected chi connectivity index (χ2v) is 5.36. The van der Waals surface area contributed by atoms with Gasteiger partial charge in [-0.1, -0.05) is 12.1 Å². The van der Waals surface area contributed by atoms with Crippen LogP contribution in [-0.4, -0.2) is 4.92 Å². The maximum atomic E-state index is 10.7. The van der Waals surface area contributed by atoms with Crippen LogP contribution in [0.2, 0.25) is 0 Å². The first-order valence-corrected chi connectivity index (χ1v) is 6.42. The molecule has 4 heteroatoms. The van der Waals surface area contributed by atoms with E-state index in [2.05, 4.69) is 6.07 Å². The van der Waals surface area contributed by atoms with E-state index in [1.807, 2.05) is 6.07 Å². The molecule has 3 nitrogen and oxygen atoms in total. The Balaban J connectivity index is 2.03. The van der Waals surface area contributed by atoms with Crippen molar-refractivity contribution in [3.63, 3.8) is 0 Å². The number of rotatable bonds is 2. The highest BCUT2D eigenvalue weighted by atomic mass is 32.1. The number of hydrogen-bond donors (Lipinski definition) is 0. The van der Waals surface area contributed by atoms with Crippen LogP contribution in [0.4, 0.5) is 5.69 Å². The maximum Gasteiger partial charge on any atom is 0.270 e. The summed E-state index contributed by atoms with van der Waals surface area (Å²) in [5, 5.41) is 10.7. The fourth-order valence-electron chi connectivity index (χ4n) is 2.24. The summed E-state index contributed by atoms with van der Waals surface area (Å²) in [5.41, 5.74) is 2.55. The Kier molecular flexibility index (Phi) is 2.44. The van der Waals surface area contributed by atoms with Crippen LogP contribution >= 0.6 is 11.3 Å². The molecule has 2 aromatic rings. The molecule has 0 bridgehead atoms. The van der Waals surface area contributed by atoms with Gasteiger partial charge < -0.3 is 0 Å². The van der Waals surface area contributed by atoms with E-state index in [-0.39, 0.29) is 10.6 Å². The van der Waals surface area contributed by atoms with E-state index in [4.69, 9.17) is 0 Å². The topological polar surface area (TPSA) is 43.1 Å². The molecular formula is C13H11NO2S. The summed E-state index contributed by atoms with van der Waals surface area (Å²) < 4.78 is 0. The first-order chi connectivity index (χ1) is 8.24. The third-order valence-electron chi connectivity index (χ3n) is 3.09. The molecule has 0 saturated carbocycles. The molecule has 0 fully saturated rings. The molecule has 1 heterocycles. The van der Waals surface area contributed by atoms with E-state index in [0.717, 1.165) is 23.3 Å². The molecular weight excluding hydrogens is 234 g/mol. The first-order valence-electron chi connectivity index (χ1n) is 5.60. The normalized spacial score (nSPS) is 13.6. The first kappa shape index (κ1) is 10.5. The van der Waals surface area contributed by atoms with Crippen LogP contribution < -0.4 is 0 Å². The smallest absolute Gasteiger partial charge is 0.258 e. The molecule has 1 aromatic carbocycles. The van der Waals surface area contributed by atoms with Crippen LogP contribution in [0.1, 0.15) is 16.9 Å². The fraction of sp³-hybridized carbons (Fsp3) is 0.231. The van der Waals surface area contributed by atoms with Gasteiger partial charge in [-0.2, -0.15) is 0 Å². The van der Waals surface area contributed by atoms with Crippen molar-refractivity contribution in [1.29, 1.82) is 0 Å². The monoisotopic (exact) mass is 245 g/mol. The zero-order valence-corrected chi connectivity index (χ0v) is 10.00. The van der Waals surface area contributed by atoms with Crippen molar-refractivity contribution in [1.82, 2.24) is 0 Å². The Morgan fingerprint density at radius 2 is 2.12 bits per heavy atom. The lowest BCUT2D eigenvalue weighted by atomic mass is 10.1. The predicted molar refractivity (Wildman–Crippen MR) is 68.4 cm³/mol. The summed E-state index contributed by atoms with van der Waals surface area (Å²) in [6.45, 7) is 0. The second-order valence-electron chi connectivity index (χ2n) is 4.22. The van der Waals surface area contributed by atoms with Gasteiger partial charge in [0.05, 0.1) is 4.92 Å². The largest absolute Gasteiger partial charge is 0.270 e. The van der Waals surface area contributed by atoms with Crippen molar-refractivity contribution in [3.05, 3.63) is 50.9 Å². The summed E-state index contributed by atoms with van der Waals surface area (Å²) in [5.74, 6) is 0. The van der Waals surface area contributed by atoms with Crippen LogP contribution in [0.3, 0.4) is 0 Å². The van der Waals surface area contributed by atoms with Gasteiger partial charge in [0.25, 0.3) is 5.69 Å². The SMILES string of the molecule is O=[N+]([O-])c1cccc(-c2cc3c(s2)CCC3)c1. The molecule has 17 heavy (non-hydrogen) atoms. The predicted octanol–water partition coefficient (Wildman–Crippen LogP) is 3.81. The minimum atomic E-state index is -0.342. The minimum absolute atomic E-state index is 0.163. The molecule has 0 spiro atoms. The van der Waals surface area contributed by atoms with Gasteiger partial charge in [0.15, 0.2) is 0 Å². The highest BCUT2D eigenvalue weighted by molar-refractivity contribution is 7.15. The number of benzene rings is 1. The number of fused-ring (bicyclic) bond motifs is 1. The van der Waals surface area contributed by atoms with Gasteiger partial charge in [-0.15, -0.1) is 11.3 Å². The number of nitro groups is 1. The van der Waals surface area contributed by atoms with Gasteiger partial charge in [-0.3, -0.25) is 10.1 Å². The Hall–Kier alpha value is -1.68. The Labute approximate surface area is 103 Å². The molecule has 0 aliphatic heterocycles. The summed E-state index contributed by atoms with van der Waals surface area (Å²) in [6.07, 6.45) is 3.56. The Morgan fingerprint density at radius 3 is 2.88 bits per heavy atom. The van der Waals surface area contributed by atoms with E-state index >= 15 is 0 Å². The molecule has 0 unspecified atom stereocenters. The average Bonchev–Trinajstić information content (AvgIpc) is 2.89. The molecule has 1 aliphatic rings. The van der Waals surface area contributed by atoms with Crippen molar-refractivity contribution in [3.8, 4) is 10.4 Å². The van der Waals surface area contributed by atoms with Gasteiger partial charge in [-0.25, -0.2) is 0 Å². The van der Waals surface area contributed by atoms with Crippen LogP contribution in [0.5, 0.6) is 0 Å². The molecule has 1 aliphatic carbocycles. The molecule has 0 N–H and O–H groups in total. The fourth-order valence-corrected chi connectivity index (χ4v) is 3.49. The van der Waals surface area contributed by atoms with E-state index in [1.54, 1.807) is 23.5 Å². The summed E-state index contributed by atoms with van der Waals surface area (Å²) in [6, 6.07) is 9.06. The number of hydrogen-bond acceptors (Lipinski definition) is 3. The van der Waals surface area contributed by atoms with Crippen molar-refractivity contribution in [2.45, 2.75) is 19.3 Å². The van der Waals surface area contributed by atoms with E-state index in [0.29, 0.717) is 0 Å². The molecule has 3 rings (SSSR count). The van der Waals surface area contributed by atoms with Gasteiger partial charge in [-0.05, 0) is 36.5 Å². The van der Waals surface area contributed by atoms with Crippen LogP contribution in [0.25, 0.3) is 10.4 Å². The summed E-state index contributed by atoms with van der Waals surface area (Å²) >= 11 is 1.77. The zero-order valence-electron chi connectivity index (χ0n) is 9.18. The highest BCUT2D eigenvalue weighted by Gasteiger charge is 2.16. The van der Waals surface area contributed by atoms with Crippen molar-refractivity contribution in [2.75, 3.05) is 0 Å². The summed E-state index contributed by atoms with van der Waals surface area (Å²) in [4.78, 5) is 13.0. The Morgan fingerprint density at radius 1 is 1.24 bits per heavy atom. The van der Waals surface area contributed by atoms with Crippen molar-refractivity contribution in [2.24, 2.45) is 0 Å². The van der Waals surface area contributed by atoms with Gasteiger partial charge in [0.1, 0.15) is 0 Å². The van der Waals surface area contributed by atoms with Crippen LogP contribution in [-0.2, 0) is 12.8 Å². The summed E-state index contributed by atoms with van der Waals surface area (Å²) in [7, 11) is 0. The minimum Gasteiger partial charge on any atom is -0.258 e. The van der Waals surface area contributed by atoms with Crippen molar-refractivity contribution < 1.29 is 4.92 Å². The Bertz CT molecular complexity index is 567. The number of nitrogens with zero attached hydrogens (tertiary/aromatic N) is 1. The second kappa shape index (κ2) is 3.96. The van der Waals surface area contributed by atoms with Gasteiger partial charge in [0.2, 0.25) is 0 Å². The van der Waals surface area contributed by atoms with Gasteiger partial charge in [0, 0.05) is 21.9 Å². The number of thiophene rings is 1. The van der Waals surface area contributed by atoms with Crippen LogP contribution in [0.15, 0.2) is 30.3 Å². The zero-order chi connectivity index (χ0) is 11.8. The van der Waals surface area contributed by atoms with E-state index in [9.17, 15) is 10.1 Å². The lowest BCUT2D eigenvalue weighted by Crippen LogP contribution is -1.87. The molecule has 0 amide bonds. The molecule has 0 atom stereocenters. The quantitative estimate of drug-likeness (QED) is 0.596. The molecule has 86 valence electrons. The maximum absolute atomic E-state index is 10.7. The highest BCUT2D eigenvalue weighted by Crippen LogP contribution is 2.37. The number of aryl methyl sites for hydroxylation is 2. The lowest BCUT2D eigenvalue weighted by molar-refractivity contribution is -0.384. The number of non-ortho nitro benzene ring substituents is 1. The molecule has 1 aromatic heterocycles. The third-order valence-corrected chi connectivity index (χ3v) is 4.37. The average molecular weight is 245 g/mol. The van der Waals surface area contributed by atoms with Crippen LogP contribution in [0, 0.1) is 10.1 Å². The third kappa shape index (κ3) is 1.85. The van der Waals surface area contributed by atoms with E-state index < -0.39 is 0 Å². The molecule has 0 saturated heterocycles. The van der Waals surface area contributed by atoms with Crippen molar-refractivity contribution >= 4 is 17.0 Å². The van der Waals surface area contributed by atoms with E-state index in [1.165, 1.54) is 22.9 Å². The van der Waals surface area contributed by atoms with Gasteiger partial charge >= 0.3 is 0 Å². The standard InChI is InChI=1S/C13H11NO2S/c15-14(16)11-5-1-3-9(7-11)13-8-10-4-2-6-12(10)17-13/h1,3,5,7-8H,2,4,6H2.